The highest BCUT2D eigenvalue weighted by molar-refractivity contribution is 5.87. The zero-order valence-electron chi connectivity index (χ0n) is 20.7. The average Bonchev–Trinajstić information content (AvgIpc) is 3.44. The van der Waals surface area contributed by atoms with Crippen molar-refractivity contribution < 1.29 is 33.6 Å². The van der Waals surface area contributed by atoms with Crippen molar-refractivity contribution in [3.63, 3.8) is 0 Å². The van der Waals surface area contributed by atoms with E-state index in [0.29, 0.717) is 31.6 Å². The quantitative estimate of drug-likeness (QED) is 0.468. The highest BCUT2D eigenvalue weighted by Gasteiger charge is 2.81. The lowest BCUT2D eigenvalue weighted by atomic mass is 9.50. The molecule has 1 spiro atoms. The predicted octanol–water partition coefficient (Wildman–Crippen LogP) is 3.23. The minimum atomic E-state index is -1.23. The lowest BCUT2D eigenvalue weighted by molar-refractivity contribution is -0.328. The SMILES string of the molecule is COc1ccc2c(c1O)[C@@]13CCN[C@@]14C[C@@H]2O[C@@]4(OC)[C@@H](OC)[C@@H](OC(=O)/C=C/c1ccccc1)C3. The molecule has 2 aromatic carbocycles. The fraction of sp³-hybridized carbons (Fsp3) is 0.464. The number of carbonyl (C=O) groups is 1. The Balaban J connectivity index is 1.45. The van der Waals surface area contributed by atoms with Gasteiger partial charge in [0.2, 0.25) is 5.79 Å². The van der Waals surface area contributed by atoms with Gasteiger partial charge >= 0.3 is 5.97 Å². The van der Waals surface area contributed by atoms with Crippen molar-refractivity contribution in [1.82, 2.24) is 5.32 Å². The second-order valence-electron chi connectivity index (χ2n) is 10.0. The first-order valence-electron chi connectivity index (χ1n) is 12.3. The van der Waals surface area contributed by atoms with Crippen LogP contribution in [-0.2, 0) is 29.2 Å². The summed E-state index contributed by atoms with van der Waals surface area (Å²) in [5.41, 5.74) is 1.32. The number of benzene rings is 2. The van der Waals surface area contributed by atoms with Crippen LogP contribution in [-0.4, -0.2) is 62.5 Å². The second-order valence-corrected chi connectivity index (χ2v) is 10.0. The van der Waals surface area contributed by atoms with Gasteiger partial charge in [0.25, 0.3) is 0 Å². The number of nitrogens with one attached hydrogen (secondary N) is 1. The number of phenols is 1. The molecule has 3 fully saturated rings. The standard InChI is InChI=1S/C28H31NO7/c1-32-19-11-10-18-20-16-27-26(13-14-29-27,23(18)24(19)31)15-21(25(33-2)28(27,34-3)36-20)35-22(30)12-9-17-7-5-4-6-8-17/h4-12,20-21,25,29,31H,13-16H2,1-3H3/b12-9+/t20-,21-,25-,26-,27-,28-/m0/s1. The molecule has 8 heteroatoms. The molecule has 2 heterocycles. The topological polar surface area (TPSA) is 95.5 Å². The zero-order chi connectivity index (χ0) is 25.1. The van der Waals surface area contributed by atoms with Crippen LogP contribution in [0.2, 0.25) is 0 Å². The van der Waals surface area contributed by atoms with Crippen molar-refractivity contribution in [2.45, 2.75) is 54.3 Å². The van der Waals surface area contributed by atoms with E-state index in [4.69, 9.17) is 23.7 Å². The summed E-state index contributed by atoms with van der Waals surface area (Å²) in [7, 11) is 4.74. The van der Waals surface area contributed by atoms with Crippen molar-refractivity contribution in [2.75, 3.05) is 27.9 Å². The monoisotopic (exact) mass is 493 g/mol. The maximum absolute atomic E-state index is 13.0. The first-order valence-corrected chi connectivity index (χ1v) is 12.3. The fourth-order valence-electron chi connectivity index (χ4n) is 7.45. The summed E-state index contributed by atoms with van der Waals surface area (Å²) in [4.78, 5) is 13.0. The number of esters is 1. The van der Waals surface area contributed by atoms with Gasteiger partial charge in [0.1, 0.15) is 12.2 Å². The summed E-state index contributed by atoms with van der Waals surface area (Å²) in [6, 6.07) is 13.3. The Kier molecular flexibility index (Phi) is 5.42. The number of carbonyl (C=O) groups excluding carboxylic acids is 1. The molecule has 2 bridgehead atoms. The van der Waals surface area contributed by atoms with E-state index in [9.17, 15) is 9.90 Å². The van der Waals surface area contributed by atoms with Gasteiger partial charge in [-0.05, 0) is 42.7 Å². The van der Waals surface area contributed by atoms with Gasteiger partial charge in [0.15, 0.2) is 11.5 Å². The number of hydrogen-bond donors (Lipinski definition) is 2. The third-order valence-electron chi connectivity index (χ3n) is 8.72. The summed E-state index contributed by atoms with van der Waals surface area (Å²) < 4.78 is 30.5. The summed E-state index contributed by atoms with van der Waals surface area (Å²) >= 11 is 0. The molecule has 36 heavy (non-hydrogen) atoms. The van der Waals surface area contributed by atoms with E-state index in [1.807, 2.05) is 36.4 Å². The zero-order valence-corrected chi connectivity index (χ0v) is 20.7. The fourth-order valence-corrected chi connectivity index (χ4v) is 7.45. The lowest BCUT2D eigenvalue weighted by Crippen LogP contribution is -2.78. The highest BCUT2D eigenvalue weighted by atomic mass is 16.7. The van der Waals surface area contributed by atoms with Gasteiger partial charge in [-0.2, -0.15) is 0 Å². The molecule has 0 radical (unpaired) electrons. The Morgan fingerprint density at radius 2 is 1.94 bits per heavy atom. The summed E-state index contributed by atoms with van der Waals surface area (Å²) in [6.07, 6.45) is 3.29. The first kappa shape index (κ1) is 23.5. The minimum Gasteiger partial charge on any atom is -0.504 e. The summed E-state index contributed by atoms with van der Waals surface area (Å²) in [5.74, 6) is -1.20. The summed E-state index contributed by atoms with van der Waals surface area (Å²) in [6.45, 7) is 0.697. The molecule has 1 saturated carbocycles. The Morgan fingerprint density at radius 3 is 2.67 bits per heavy atom. The molecule has 2 saturated heterocycles. The van der Waals surface area contributed by atoms with E-state index in [0.717, 1.165) is 16.7 Å². The maximum Gasteiger partial charge on any atom is 0.331 e. The summed E-state index contributed by atoms with van der Waals surface area (Å²) in [5, 5.41) is 15.1. The lowest BCUT2D eigenvalue weighted by Gasteiger charge is -2.59. The minimum absolute atomic E-state index is 0.105. The van der Waals surface area contributed by atoms with Gasteiger partial charge in [-0.25, -0.2) is 4.79 Å². The van der Waals surface area contributed by atoms with Crippen LogP contribution in [0.25, 0.3) is 6.08 Å². The molecule has 0 unspecified atom stereocenters. The second kappa shape index (κ2) is 8.31. The van der Waals surface area contributed by atoms with Crippen LogP contribution in [0, 0.1) is 0 Å². The molecule has 6 rings (SSSR count). The van der Waals surface area contributed by atoms with E-state index in [1.165, 1.54) is 6.08 Å². The number of aromatic hydroxyl groups is 1. The smallest absolute Gasteiger partial charge is 0.331 e. The number of hydrogen-bond acceptors (Lipinski definition) is 8. The molecule has 0 amide bonds. The van der Waals surface area contributed by atoms with Crippen LogP contribution < -0.4 is 10.1 Å². The molecule has 2 aliphatic heterocycles. The third-order valence-corrected chi connectivity index (χ3v) is 8.72. The molecule has 2 N–H and O–H groups in total. The van der Waals surface area contributed by atoms with E-state index in [-0.39, 0.29) is 11.9 Å². The molecule has 8 nitrogen and oxygen atoms in total. The van der Waals surface area contributed by atoms with Crippen molar-refractivity contribution in [1.29, 1.82) is 0 Å². The van der Waals surface area contributed by atoms with Gasteiger partial charge in [0.05, 0.1) is 18.8 Å². The van der Waals surface area contributed by atoms with Crippen molar-refractivity contribution >= 4 is 12.0 Å². The molecule has 190 valence electrons. The van der Waals surface area contributed by atoms with E-state index < -0.39 is 34.9 Å². The predicted molar refractivity (Wildman–Crippen MR) is 131 cm³/mol. The molecular weight excluding hydrogens is 462 g/mol. The maximum atomic E-state index is 13.0. The molecule has 6 atom stereocenters. The molecule has 4 aliphatic rings. The largest absolute Gasteiger partial charge is 0.504 e. The number of ether oxygens (including phenoxy) is 5. The highest BCUT2D eigenvalue weighted by Crippen LogP contribution is 2.71. The Morgan fingerprint density at radius 1 is 1.14 bits per heavy atom. The van der Waals surface area contributed by atoms with Gasteiger partial charge in [-0.1, -0.05) is 36.4 Å². The van der Waals surface area contributed by atoms with Crippen molar-refractivity contribution in [3.8, 4) is 11.5 Å². The van der Waals surface area contributed by atoms with Crippen LogP contribution in [0.5, 0.6) is 11.5 Å². The van der Waals surface area contributed by atoms with Crippen LogP contribution >= 0.6 is 0 Å². The van der Waals surface area contributed by atoms with Crippen LogP contribution in [0.3, 0.4) is 0 Å². The molecular formula is C28H31NO7. The van der Waals surface area contributed by atoms with Crippen LogP contribution in [0.1, 0.15) is 42.1 Å². The van der Waals surface area contributed by atoms with E-state index in [2.05, 4.69) is 5.32 Å². The van der Waals surface area contributed by atoms with E-state index >= 15 is 0 Å². The van der Waals surface area contributed by atoms with Gasteiger partial charge in [-0.3, -0.25) is 0 Å². The average molecular weight is 494 g/mol. The van der Waals surface area contributed by atoms with E-state index in [1.54, 1.807) is 33.5 Å². The van der Waals surface area contributed by atoms with Crippen LogP contribution in [0.4, 0.5) is 0 Å². The molecule has 0 aromatic heterocycles. The van der Waals surface area contributed by atoms with Crippen molar-refractivity contribution in [2.24, 2.45) is 0 Å². The first-order chi connectivity index (χ1) is 17.4. The molecule has 2 aliphatic carbocycles. The third kappa shape index (κ3) is 2.87. The normalized spacial score (nSPS) is 35.9. The number of rotatable bonds is 6. The number of phenolic OH excluding ortho intramolecular Hbond substituents is 1. The number of methoxy groups -OCH3 is 3. The molecule has 2 aromatic rings. The Labute approximate surface area is 210 Å². The van der Waals surface area contributed by atoms with Crippen molar-refractivity contribution in [3.05, 3.63) is 65.2 Å². The van der Waals surface area contributed by atoms with Gasteiger partial charge < -0.3 is 34.1 Å². The van der Waals surface area contributed by atoms with Gasteiger partial charge in [0, 0.05) is 37.7 Å². The van der Waals surface area contributed by atoms with Crippen LogP contribution in [0.15, 0.2) is 48.5 Å². The Hall–Kier alpha value is -2.91. The van der Waals surface area contributed by atoms with Gasteiger partial charge in [-0.15, -0.1) is 0 Å². The Bertz CT molecular complexity index is 1220. The number of fused-ring (bicyclic) bond motifs is 3.